The summed E-state index contributed by atoms with van der Waals surface area (Å²) in [7, 11) is 0. The lowest BCUT2D eigenvalue weighted by molar-refractivity contribution is 0.620. The van der Waals surface area contributed by atoms with Crippen LogP contribution in [-0.4, -0.2) is 4.98 Å². The molecule has 0 aliphatic carbocycles. The van der Waals surface area contributed by atoms with Crippen LogP contribution in [0.25, 0.3) is 11.1 Å². The topological polar surface area (TPSA) is 64.1 Å². The molecule has 2 aromatic carbocycles. The fraction of sp³-hybridized carbons (Fsp3) is 0.0714. The minimum absolute atomic E-state index is 0.303. The van der Waals surface area contributed by atoms with E-state index in [0.29, 0.717) is 28.5 Å². The van der Waals surface area contributed by atoms with Gasteiger partial charge in [0.15, 0.2) is 5.58 Å². The van der Waals surface area contributed by atoms with Crippen molar-refractivity contribution in [2.45, 2.75) is 6.92 Å². The Morgan fingerprint density at radius 3 is 2.84 bits per heavy atom. The van der Waals surface area contributed by atoms with Crippen molar-refractivity contribution >= 4 is 28.5 Å². The molecule has 96 valence electrons. The maximum atomic E-state index is 13.3. The highest BCUT2D eigenvalue weighted by Gasteiger charge is 2.07. The highest BCUT2D eigenvalue weighted by molar-refractivity contribution is 5.78. The van der Waals surface area contributed by atoms with Crippen molar-refractivity contribution < 1.29 is 8.81 Å². The molecule has 1 aromatic heterocycles. The summed E-state index contributed by atoms with van der Waals surface area (Å²) in [6.07, 6.45) is 0. The van der Waals surface area contributed by atoms with Gasteiger partial charge in [0.1, 0.15) is 11.3 Å². The summed E-state index contributed by atoms with van der Waals surface area (Å²) in [5.41, 5.74) is 8.98. The molecule has 0 aliphatic heterocycles. The zero-order chi connectivity index (χ0) is 13.4. The van der Waals surface area contributed by atoms with Gasteiger partial charge >= 0.3 is 0 Å². The molecule has 3 rings (SSSR count). The molecule has 0 unspecified atom stereocenters. The molecule has 0 amide bonds. The van der Waals surface area contributed by atoms with Crippen LogP contribution < -0.4 is 11.1 Å². The number of nitrogen functional groups attached to an aromatic ring is 1. The number of hydrogen-bond acceptors (Lipinski definition) is 4. The lowest BCUT2D eigenvalue weighted by Gasteiger charge is -2.02. The Morgan fingerprint density at radius 2 is 2.05 bits per heavy atom. The molecule has 1 heterocycles. The van der Waals surface area contributed by atoms with E-state index in [0.717, 1.165) is 5.56 Å². The first-order valence-electron chi connectivity index (χ1n) is 5.80. The van der Waals surface area contributed by atoms with Crippen LogP contribution in [0, 0.1) is 12.7 Å². The van der Waals surface area contributed by atoms with Crippen LogP contribution >= 0.6 is 0 Å². The van der Waals surface area contributed by atoms with Gasteiger partial charge in [-0.1, -0.05) is 0 Å². The average Bonchev–Trinajstić information content (AvgIpc) is 2.68. The summed E-state index contributed by atoms with van der Waals surface area (Å²) < 4.78 is 18.8. The van der Waals surface area contributed by atoms with Gasteiger partial charge in [0.25, 0.3) is 6.01 Å². The lowest BCUT2D eigenvalue weighted by atomic mass is 10.2. The second kappa shape index (κ2) is 4.28. The van der Waals surface area contributed by atoms with Gasteiger partial charge in [0.05, 0.1) is 0 Å². The highest BCUT2D eigenvalue weighted by Crippen LogP contribution is 2.24. The summed E-state index contributed by atoms with van der Waals surface area (Å²) in [5.74, 6) is -0.303. The molecule has 0 aliphatic rings. The number of benzene rings is 2. The minimum Gasteiger partial charge on any atom is -0.423 e. The van der Waals surface area contributed by atoms with E-state index in [2.05, 4.69) is 10.3 Å². The summed E-state index contributed by atoms with van der Waals surface area (Å²) in [6.45, 7) is 1.82. The highest BCUT2D eigenvalue weighted by atomic mass is 19.1. The van der Waals surface area contributed by atoms with E-state index in [1.807, 2.05) is 13.0 Å². The van der Waals surface area contributed by atoms with E-state index < -0.39 is 0 Å². The smallest absolute Gasteiger partial charge is 0.300 e. The number of nitrogens with two attached hydrogens (primary N) is 1. The maximum Gasteiger partial charge on any atom is 0.300 e. The van der Waals surface area contributed by atoms with Crippen LogP contribution in [0.1, 0.15) is 5.56 Å². The van der Waals surface area contributed by atoms with Gasteiger partial charge in [-0.25, -0.2) is 4.39 Å². The van der Waals surface area contributed by atoms with Crippen LogP contribution in [-0.2, 0) is 0 Å². The molecule has 5 heteroatoms. The Hall–Kier alpha value is -2.56. The van der Waals surface area contributed by atoms with Crippen LogP contribution in [0.2, 0.25) is 0 Å². The van der Waals surface area contributed by atoms with Crippen LogP contribution in [0.4, 0.5) is 21.8 Å². The van der Waals surface area contributed by atoms with Crippen molar-refractivity contribution in [2.75, 3.05) is 11.1 Å². The third kappa shape index (κ3) is 2.35. The number of aryl methyl sites for hydroxylation is 1. The first-order valence-corrected chi connectivity index (χ1v) is 5.80. The van der Waals surface area contributed by atoms with Gasteiger partial charge in [0.2, 0.25) is 0 Å². The number of nitrogens with one attached hydrogen (secondary N) is 1. The van der Waals surface area contributed by atoms with Crippen molar-refractivity contribution in [1.82, 2.24) is 4.98 Å². The normalized spacial score (nSPS) is 10.8. The van der Waals surface area contributed by atoms with Gasteiger partial charge < -0.3 is 15.5 Å². The predicted octanol–water partition coefficient (Wildman–Crippen LogP) is 3.60. The number of rotatable bonds is 2. The lowest BCUT2D eigenvalue weighted by Crippen LogP contribution is -1.91. The molecular weight excluding hydrogens is 245 g/mol. The zero-order valence-corrected chi connectivity index (χ0v) is 10.3. The molecular formula is C14H12FN3O. The molecule has 0 spiro atoms. The second-order valence-corrected chi connectivity index (χ2v) is 4.39. The average molecular weight is 257 g/mol. The van der Waals surface area contributed by atoms with Gasteiger partial charge in [-0.3, -0.25) is 0 Å². The number of aromatic nitrogens is 1. The molecule has 3 N–H and O–H groups in total. The van der Waals surface area contributed by atoms with E-state index in [-0.39, 0.29) is 5.82 Å². The Kier molecular flexibility index (Phi) is 2.59. The minimum atomic E-state index is -0.303. The number of nitrogens with zero attached hydrogens (tertiary/aromatic N) is 1. The fourth-order valence-corrected chi connectivity index (χ4v) is 1.93. The van der Waals surface area contributed by atoms with Gasteiger partial charge in [-0.2, -0.15) is 4.98 Å². The molecule has 4 nitrogen and oxygen atoms in total. The number of halogens is 1. The number of fused-ring (bicyclic) bond motifs is 1. The van der Waals surface area contributed by atoms with E-state index >= 15 is 0 Å². The number of anilines is 3. The largest absolute Gasteiger partial charge is 0.423 e. The summed E-state index contributed by atoms with van der Waals surface area (Å²) in [6, 6.07) is 10.2. The van der Waals surface area contributed by atoms with Gasteiger partial charge in [0, 0.05) is 17.4 Å². The third-order valence-electron chi connectivity index (χ3n) is 2.71. The first kappa shape index (κ1) is 11.5. The Morgan fingerprint density at radius 1 is 1.21 bits per heavy atom. The molecule has 19 heavy (non-hydrogen) atoms. The molecule has 0 saturated heterocycles. The Bertz CT molecular complexity index is 731. The fourth-order valence-electron chi connectivity index (χ4n) is 1.93. The summed E-state index contributed by atoms with van der Waals surface area (Å²) >= 11 is 0. The SMILES string of the molecule is Cc1cc(F)cc(Nc2nc3ccc(N)cc3o2)c1. The van der Waals surface area contributed by atoms with Crippen LogP contribution in [0.15, 0.2) is 40.8 Å². The molecule has 0 saturated carbocycles. The van der Waals surface area contributed by atoms with Crippen molar-refractivity contribution in [3.63, 3.8) is 0 Å². The molecule has 0 radical (unpaired) electrons. The standard InChI is InChI=1S/C14H12FN3O/c1-8-4-9(15)6-11(5-8)17-14-18-12-3-2-10(16)7-13(12)19-14/h2-7H,16H2,1H3,(H,17,18). The predicted molar refractivity (Wildman–Crippen MR) is 72.8 cm³/mol. The number of oxazole rings is 1. The second-order valence-electron chi connectivity index (χ2n) is 4.39. The van der Waals surface area contributed by atoms with Crippen LogP contribution in [0.3, 0.4) is 0 Å². The van der Waals surface area contributed by atoms with Crippen molar-refractivity contribution in [3.8, 4) is 0 Å². The van der Waals surface area contributed by atoms with Crippen molar-refractivity contribution in [2.24, 2.45) is 0 Å². The summed E-state index contributed by atoms with van der Waals surface area (Å²) in [4.78, 5) is 4.25. The van der Waals surface area contributed by atoms with E-state index in [1.54, 1.807) is 18.2 Å². The molecule has 0 bridgehead atoms. The summed E-state index contributed by atoms with van der Waals surface area (Å²) in [5, 5.41) is 2.94. The van der Waals surface area contributed by atoms with Crippen LogP contribution in [0.5, 0.6) is 0 Å². The first-order chi connectivity index (χ1) is 9.10. The molecule has 3 aromatic rings. The Balaban J connectivity index is 1.96. The third-order valence-corrected chi connectivity index (χ3v) is 2.71. The zero-order valence-electron chi connectivity index (χ0n) is 10.3. The van der Waals surface area contributed by atoms with Crippen molar-refractivity contribution in [3.05, 3.63) is 47.8 Å². The molecule has 0 fully saturated rings. The maximum absolute atomic E-state index is 13.3. The number of hydrogen-bond donors (Lipinski definition) is 2. The monoisotopic (exact) mass is 257 g/mol. The van der Waals surface area contributed by atoms with E-state index in [1.165, 1.54) is 12.1 Å². The van der Waals surface area contributed by atoms with Gasteiger partial charge in [-0.05, 0) is 42.8 Å². The quantitative estimate of drug-likeness (QED) is 0.688. The van der Waals surface area contributed by atoms with Crippen molar-refractivity contribution in [1.29, 1.82) is 0 Å². The molecule has 0 atom stereocenters. The van der Waals surface area contributed by atoms with E-state index in [4.69, 9.17) is 10.2 Å². The Labute approximate surface area is 109 Å². The van der Waals surface area contributed by atoms with Gasteiger partial charge in [-0.15, -0.1) is 0 Å². The van der Waals surface area contributed by atoms with E-state index in [9.17, 15) is 4.39 Å².